The summed E-state index contributed by atoms with van der Waals surface area (Å²) in [5.74, 6) is 0. The summed E-state index contributed by atoms with van der Waals surface area (Å²) in [4.78, 5) is 10.1. The van der Waals surface area contributed by atoms with Crippen molar-refractivity contribution in [2.45, 2.75) is 0 Å². The van der Waals surface area contributed by atoms with Crippen LogP contribution in [0.3, 0.4) is 0 Å². The maximum Gasteiger partial charge on any atom is 0.325 e. The Bertz CT molecular complexity index is 523. The molecule has 0 saturated heterocycles. The van der Waals surface area contributed by atoms with Crippen LogP contribution in [-0.4, -0.2) is 4.92 Å². The van der Waals surface area contributed by atoms with E-state index >= 15 is 0 Å². The third-order valence-electron chi connectivity index (χ3n) is 1.86. The number of hydrogen-bond donors (Lipinski definition) is 1. The molecule has 0 aliphatic heterocycles. The van der Waals surface area contributed by atoms with Gasteiger partial charge in [-0.15, -0.1) is 0 Å². The smallest absolute Gasteiger partial charge is 0.325 e. The molecule has 0 aliphatic carbocycles. The highest BCUT2D eigenvalue weighted by Crippen LogP contribution is 2.37. The fourth-order valence-electron chi connectivity index (χ4n) is 1.18. The van der Waals surface area contributed by atoms with Crippen LogP contribution in [0.1, 0.15) is 0 Å². The van der Waals surface area contributed by atoms with Crippen LogP contribution in [0.2, 0.25) is 5.02 Å². The average Bonchev–Trinajstić information content (AvgIpc) is 2.56. The molecule has 0 bridgehead atoms. The van der Waals surface area contributed by atoms with Gasteiger partial charge in [0.05, 0.1) is 15.6 Å². The molecule has 72 valence electrons. The van der Waals surface area contributed by atoms with Crippen LogP contribution in [0.4, 0.5) is 10.7 Å². The Kier molecular flexibility index (Phi) is 2.05. The molecular formula is C8H5ClN2O2S. The van der Waals surface area contributed by atoms with Gasteiger partial charge in [-0.3, -0.25) is 10.1 Å². The number of benzene rings is 1. The van der Waals surface area contributed by atoms with Crippen molar-refractivity contribution in [2.24, 2.45) is 0 Å². The molecule has 0 amide bonds. The van der Waals surface area contributed by atoms with Crippen molar-refractivity contribution in [3.05, 3.63) is 33.3 Å². The van der Waals surface area contributed by atoms with E-state index in [4.69, 9.17) is 17.3 Å². The summed E-state index contributed by atoms with van der Waals surface area (Å²) >= 11 is 6.88. The van der Waals surface area contributed by atoms with Gasteiger partial charge < -0.3 is 5.73 Å². The summed E-state index contributed by atoms with van der Waals surface area (Å²) in [7, 11) is 0. The normalized spacial score (nSPS) is 10.6. The van der Waals surface area contributed by atoms with Crippen LogP contribution in [-0.2, 0) is 0 Å². The Hall–Kier alpha value is -1.33. The Morgan fingerprint density at radius 3 is 2.86 bits per heavy atom. The second kappa shape index (κ2) is 3.11. The first-order valence-corrected chi connectivity index (χ1v) is 4.91. The maximum atomic E-state index is 10.5. The number of anilines is 1. The number of rotatable bonds is 1. The van der Waals surface area contributed by atoms with Gasteiger partial charge in [0, 0.05) is 16.2 Å². The number of thiophene rings is 1. The maximum absolute atomic E-state index is 10.5. The van der Waals surface area contributed by atoms with E-state index in [-0.39, 0.29) is 5.00 Å². The topological polar surface area (TPSA) is 69.2 Å². The van der Waals surface area contributed by atoms with Gasteiger partial charge in [-0.2, -0.15) is 0 Å². The predicted molar refractivity (Wildman–Crippen MR) is 57.9 cm³/mol. The molecule has 0 fully saturated rings. The second-order valence-corrected chi connectivity index (χ2v) is 4.18. The lowest BCUT2D eigenvalue weighted by molar-refractivity contribution is -0.380. The van der Waals surface area contributed by atoms with E-state index < -0.39 is 4.92 Å². The molecule has 0 aliphatic rings. The van der Waals surface area contributed by atoms with Crippen molar-refractivity contribution in [3.63, 3.8) is 0 Å². The largest absolute Gasteiger partial charge is 0.397 e. The van der Waals surface area contributed by atoms with Gasteiger partial charge in [-0.1, -0.05) is 22.9 Å². The van der Waals surface area contributed by atoms with E-state index in [1.54, 1.807) is 12.1 Å². The highest BCUT2D eigenvalue weighted by molar-refractivity contribution is 7.22. The molecule has 6 heteroatoms. The number of hydrogen-bond acceptors (Lipinski definition) is 4. The van der Waals surface area contributed by atoms with E-state index in [0.717, 1.165) is 16.0 Å². The van der Waals surface area contributed by atoms with E-state index in [1.165, 1.54) is 6.07 Å². The number of nitrogens with two attached hydrogens (primary N) is 1. The van der Waals surface area contributed by atoms with Crippen LogP contribution in [0.15, 0.2) is 18.2 Å². The minimum absolute atomic E-state index is 0.0777. The number of fused-ring (bicyclic) bond motifs is 1. The van der Waals surface area contributed by atoms with Crippen LogP contribution >= 0.6 is 22.9 Å². The molecule has 1 aromatic heterocycles. The molecule has 4 nitrogen and oxygen atoms in total. The van der Waals surface area contributed by atoms with Gasteiger partial charge in [0.2, 0.25) is 0 Å². The SMILES string of the molecule is Nc1c(Cl)ccc2sc([N+](=O)[O-])cc12. The first kappa shape index (κ1) is 9.23. The third kappa shape index (κ3) is 1.30. The van der Waals surface area contributed by atoms with E-state index in [1.807, 2.05) is 0 Å². The summed E-state index contributed by atoms with van der Waals surface area (Å²) < 4.78 is 0.776. The number of nitrogen functional groups attached to an aromatic ring is 1. The van der Waals surface area contributed by atoms with Crippen molar-refractivity contribution in [1.29, 1.82) is 0 Å². The molecule has 14 heavy (non-hydrogen) atoms. The van der Waals surface area contributed by atoms with Gasteiger partial charge in [0.1, 0.15) is 0 Å². The predicted octanol–water partition coefficient (Wildman–Crippen LogP) is 3.05. The van der Waals surface area contributed by atoms with Crippen LogP contribution in [0, 0.1) is 10.1 Å². The quantitative estimate of drug-likeness (QED) is 0.463. The summed E-state index contributed by atoms with van der Waals surface area (Å²) in [6.07, 6.45) is 0. The lowest BCUT2D eigenvalue weighted by Crippen LogP contribution is -1.85. The molecule has 2 N–H and O–H groups in total. The zero-order valence-electron chi connectivity index (χ0n) is 6.86. The van der Waals surface area contributed by atoms with Crippen molar-refractivity contribution < 1.29 is 4.92 Å². The molecule has 0 atom stereocenters. The third-order valence-corrected chi connectivity index (χ3v) is 3.24. The van der Waals surface area contributed by atoms with Crippen LogP contribution in [0.25, 0.3) is 10.1 Å². The highest BCUT2D eigenvalue weighted by atomic mass is 35.5. The van der Waals surface area contributed by atoms with Crippen molar-refractivity contribution in [2.75, 3.05) is 5.73 Å². The minimum atomic E-state index is -0.433. The van der Waals surface area contributed by atoms with Crippen molar-refractivity contribution in [1.82, 2.24) is 0 Å². The molecular weight excluding hydrogens is 224 g/mol. The molecule has 0 saturated carbocycles. The van der Waals surface area contributed by atoms with E-state index in [0.29, 0.717) is 16.1 Å². The number of nitrogens with zero attached hydrogens (tertiary/aromatic N) is 1. The van der Waals surface area contributed by atoms with Gasteiger partial charge in [0.25, 0.3) is 0 Å². The molecule has 0 spiro atoms. The summed E-state index contributed by atoms with van der Waals surface area (Å²) in [6.45, 7) is 0. The van der Waals surface area contributed by atoms with Gasteiger partial charge in [-0.05, 0) is 12.1 Å². The van der Waals surface area contributed by atoms with E-state index in [9.17, 15) is 10.1 Å². The molecule has 0 radical (unpaired) electrons. The van der Waals surface area contributed by atoms with Crippen LogP contribution in [0.5, 0.6) is 0 Å². The first-order chi connectivity index (χ1) is 6.59. The Labute approximate surface area is 88.0 Å². The second-order valence-electron chi connectivity index (χ2n) is 2.71. The Morgan fingerprint density at radius 2 is 2.21 bits per heavy atom. The number of nitro groups is 1. The molecule has 2 rings (SSSR count). The van der Waals surface area contributed by atoms with Crippen molar-refractivity contribution >= 4 is 43.7 Å². The summed E-state index contributed by atoms with van der Waals surface area (Å²) in [6, 6.07) is 4.81. The lowest BCUT2D eigenvalue weighted by atomic mass is 10.2. The Morgan fingerprint density at radius 1 is 1.50 bits per heavy atom. The van der Waals surface area contributed by atoms with Gasteiger partial charge in [-0.25, -0.2) is 0 Å². The van der Waals surface area contributed by atoms with Crippen molar-refractivity contribution in [3.8, 4) is 0 Å². The Balaban J connectivity index is 2.77. The summed E-state index contributed by atoms with van der Waals surface area (Å²) in [5.41, 5.74) is 6.08. The van der Waals surface area contributed by atoms with Gasteiger partial charge >= 0.3 is 5.00 Å². The minimum Gasteiger partial charge on any atom is -0.397 e. The van der Waals surface area contributed by atoms with Gasteiger partial charge in [0.15, 0.2) is 0 Å². The summed E-state index contributed by atoms with van der Waals surface area (Å²) in [5, 5.41) is 11.7. The average molecular weight is 229 g/mol. The first-order valence-electron chi connectivity index (χ1n) is 3.71. The lowest BCUT2D eigenvalue weighted by Gasteiger charge is -1.96. The fraction of sp³-hybridized carbons (Fsp3) is 0. The number of halogens is 1. The molecule has 1 heterocycles. The molecule has 1 aromatic carbocycles. The molecule has 0 unspecified atom stereocenters. The zero-order valence-corrected chi connectivity index (χ0v) is 8.43. The molecule has 2 aromatic rings. The monoisotopic (exact) mass is 228 g/mol. The van der Waals surface area contributed by atoms with E-state index in [2.05, 4.69) is 0 Å². The standard InChI is InChI=1S/C8H5ClN2O2S/c9-5-1-2-6-4(8(5)10)3-7(14-6)11(12)13/h1-3H,10H2. The highest BCUT2D eigenvalue weighted by Gasteiger charge is 2.13. The zero-order chi connectivity index (χ0) is 10.3. The van der Waals surface area contributed by atoms with Crippen LogP contribution < -0.4 is 5.73 Å². The fourth-order valence-corrected chi connectivity index (χ4v) is 2.24.